The molecule has 0 bridgehead atoms. The summed E-state index contributed by atoms with van der Waals surface area (Å²) in [6.45, 7) is 4.56. The van der Waals surface area contributed by atoms with Crippen LogP contribution < -0.4 is 10.5 Å². The van der Waals surface area contributed by atoms with Gasteiger partial charge in [-0.2, -0.15) is 0 Å². The van der Waals surface area contributed by atoms with Gasteiger partial charge in [-0.3, -0.25) is 23.9 Å². The molecule has 10 nitrogen and oxygen atoms in total. The second kappa shape index (κ2) is 6.98. The highest BCUT2D eigenvalue weighted by Crippen LogP contribution is 2.58. The van der Waals surface area contributed by atoms with Crippen LogP contribution in [-0.2, 0) is 29.6 Å². The summed E-state index contributed by atoms with van der Waals surface area (Å²) in [5.74, 6) is -1.52. The van der Waals surface area contributed by atoms with Crippen molar-refractivity contribution in [3.05, 3.63) is 70.8 Å². The number of rotatable bonds is 2. The zero-order valence-electron chi connectivity index (χ0n) is 19.3. The van der Waals surface area contributed by atoms with E-state index in [0.717, 1.165) is 0 Å². The third-order valence-electron chi connectivity index (χ3n) is 7.10. The van der Waals surface area contributed by atoms with Crippen LogP contribution in [0.1, 0.15) is 38.8 Å². The number of carbonyl (C=O) groups is 3. The van der Waals surface area contributed by atoms with Gasteiger partial charge < -0.3 is 9.57 Å². The number of fused-ring (bicyclic) bond motifs is 6. The highest BCUT2D eigenvalue weighted by Gasteiger charge is 2.71. The Morgan fingerprint density at radius 2 is 1.80 bits per heavy atom. The number of benzene rings is 2. The molecule has 4 heterocycles. The monoisotopic (exact) mass is 474 g/mol. The summed E-state index contributed by atoms with van der Waals surface area (Å²) < 4.78 is 7.37. The molecule has 3 aliphatic heterocycles. The maximum Gasteiger partial charge on any atom is 0.330 e. The van der Waals surface area contributed by atoms with Gasteiger partial charge in [0.05, 0.1) is 22.9 Å². The van der Waals surface area contributed by atoms with E-state index in [4.69, 9.17) is 9.57 Å². The molecule has 35 heavy (non-hydrogen) atoms. The fourth-order valence-corrected chi connectivity index (χ4v) is 5.53. The van der Waals surface area contributed by atoms with Gasteiger partial charge in [-0.15, -0.1) is 0 Å². The van der Waals surface area contributed by atoms with E-state index >= 15 is 0 Å². The van der Waals surface area contributed by atoms with E-state index in [1.54, 1.807) is 62.4 Å². The number of para-hydroxylation sites is 2. The Labute approximate surface area is 199 Å². The van der Waals surface area contributed by atoms with Crippen LogP contribution in [0.3, 0.4) is 0 Å². The number of carbonyl (C=O) groups excluding carboxylic acids is 3. The van der Waals surface area contributed by atoms with Crippen LogP contribution >= 0.6 is 0 Å². The van der Waals surface area contributed by atoms with Crippen molar-refractivity contribution in [1.82, 2.24) is 14.6 Å². The number of anilines is 1. The highest BCUT2D eigenvalue weighted by molar-refractivity contribution is 6.05. The lowest BCUT2D eigenvalue weighted by atomic mass is 9.88. The average Bonchev–Trinajstić information content (AvgIpc) is 3.38. The summed E-state index contributed by atoms with van der Waals surface area (Å²) in [5, 5.41) is 1.70. The van der Waals surface area contributed by atoms with Gasteiger partial charge in [-0.05, 0) is 32.0 Å². The minimum atomic E-state index is -1.36. The van der Waals surface area contributed by atoms with Gasteiger partial charge in [0.15, 0.2) is 11.8 Å². The SMILES string of the molecule is CC(=O)ON1C2N(C(=O)C1(C)C)c1ccccc1C21CC(n2cnc3ccccc3c2=O)C(=O)O1. The summed E-state index contributed by atoms with van der Waals surface area (Å²) in [5.41, 5.74) is -1.22. The van der Waals surface area contributed by atoms with E-state index < -0.39 is 35.3 Å². The van der Waals surface area contributed by atoms with Gasteiger partial charge in [-0.25, -0.2) is 9.78 Å². The Kier molecular flexibility index (Phi) is 4.29. The van der Waals surface area contributed by atoms with Crippen LogP contribution in [0.15, 0.2) is 59.7 Å². The second-order valence-electron chi connectivity index (χ2n) is 9.54. The molecule has 0 N–H and O–H groups in total. The van der Waals surface area contributed by atoms with Gasteiger partial charge in [0.1, 0.15) is 11.6 Å². The molecule has 178 valence electrons. The van der Waals surface area contributed by atoms with Crippen LogP contribution in [0.5, 0.6) is 0 Å². The number of amides is 1. The summed E-state index contributed by atoms with van der Waals surface area (Å²) in [7, 11) is 0. The van der Waals surface area contributed by atoms with Crippen LogP contribution in [0, 0.1) is 0 Å². The van der Waals surface area contributed by atoms with E-state index in [-0.39, 0.29) is 17.9 Å². The van der Waals surface area contributed by atoms with E-state index in [1.807, 2.05) is 0 Å². The fourth-order valence-electron chi connectivity index (χ4n) is 5.53. The topological polar surface area (TPSA) is 111 Å². The minimum Gasteiger partial charge on any atom is -0.449 e. The average molecular weight is 474 g/mol. The zero-order valence-corrected chi connectivity index (χ0v) is 19.3. The number of esters is 1. The highest BCUT2D eigenvalue weighted by atomic mass is 16.7. The van der Waals surface area contributed by atoms with Gasteiger partial charge >= 0.3 is 11.9 Å². The fraction of sp³-hybridized carbons (Fsp3) is 0.320. The van der Waals surface area contributed by atoms with Gasteiger partial charge in [0, 0.05) is 18.9 Å². The molecule has 2 saturated heterocycles. The third-order valence-corrected chi connectivity index (χ3v) is 7.10. The smallest absolute Gasteiger partial charge is 0.330 e. The van der Waals surface area contributed by atoms with Crippen LogP contribution in [-0.4, -0.2) is 44.2 Å². The zero-order chi connectivity index (χ0) is 24.7. The third kappa shape index (κ3) is 2.71. The molecule has 1 amide bonds. The Bertz CT molecular complexity index is 1500. The molecule has 10 heteroatoms. The van der Waals surface area contributed by atoms with Crippen molar-refractivity contribution in [2.75, 3.05) is 4.90 Å². The Morgan fingerprint density at radius 1 is 1.09 bits per heavy atom. The Morgan fingerprint density at radius 3 is 2.57 bits per heavy atom. The first-order valence-electron chi connectivity index (χ1n) is 11.3. The Hall–Kier alpha value is -4.05. The van der Waals surface area contributed by atoms with Gasteiger partial charge in [0.2, 0.25) is 0 Å². The van der Waals surface area contributed by atoms with Gasteiger partial charge in [-0.1, -0.05) is 35.4 Å². The van der Waals surface area contributed by atoms with Crippen molar-refractivity contribution < 1.29 is 24.0 Å². The van der Waals surface area contributed by atoms with Crippen molar-refractivity contribution in [3.8, 4) is 0 Å². The predicted octanol–water partition coefficient (Wildman–Crippen LogP) is 2.02. The lowest BCUT2D eigenvalue weighted by molar-refractivity contribution is -0.236. The summed E-state index contributed by atoms with van der Waals surface area (Å²) in [4.78, 5) is 63.6. The number of nitrogens with zero attached hydrogens (tertiary/aromatic N) is 4. The quantitative estimate of drug-likeness (QED) is 0.519. The number of ether oxygens (including phenoxy) is 1. The summed E-state index contributed by atoms with van der Waals surface area (Å²) in [6.07, 6.45) is 0.469. The first-order valence-corrected chi connectivity index (χ1v) is 11.3. The molecule has 2 aromatic carbocycles. The molecule has 1 aromatic heterocycles. The molecule has 6 rings (SSSR count). The molecule has 3 atom stereocenters. The molecule has 3 aliphatic rings. The first kappa shape index (κ1) is 21.5. The molecule has 2 fully saturated rings. The molecule has 0 aliphatic carbocycles. The number of hydrogen-bond donors (Lipinski definition) is 0. The van der Waals surface area contributed by atoms with E-state index in [9.17, 15) is 19.2 Å². The Balaban J connectivity index is 1.52. The second-order valence-corrected chi connectivity index (χ2v) is 9.54. The molecule has 0 radical (unpaired) electrons. The molecule has 3 unspecified atom stereocenters. The van der Waals surface area contributed by atoms with Crippen molar-refractivity contribution in [3.63, 3.8) is 0 Å². The van der Waals surface area contributed by atoms with Crippen LogP contribution in [0.25, 0.3) is 10.9 Å². The molecular formula is C25H22N4O6. The molecule has 1 spiro atoms. The normalized spacial score (nSPS) is 26.8. The molecular weight excluding hydrogens is 452 g/mol. The van der Waals surface area contributed by atoms with Gasteiger partial charge in [0.25, 0.3) is 11.5 Å². The lowest BCUT2D eigenvalue weighted by Gasteiger charge is -2.37. The molecule has 0 saturated carbocycles. The largest absolute Gasteiger partial charge is 0.449 e. The van der Waals surface area contributed by atoms with Crippen molar-refractivity contribution >= 4 is 34.4 Å². The first-order chi connectivity index (χ1) is 16.7. The lowest BCUT2D eigenvalue weighted by Crippen LogP contribution is -2.54. The maximum atomic E-state index is 13.5. The minimum absolute atomic E-state index is 0.0467. The number of hydrogen-bond acceptors (Lipinski definition) is 8. The standard InChI is InChI=1S/C25H22N4O6/c1-14(30)35-29-22-25(16-9-5-7-11-18(16)28(22)23(33)24(29,2)3)12-19(21(32)34-25)27-13-26-17-10-6-4-8-15(17)20(27)31/h4-11,13,19,22H,12H2,1-3H3. The maximum absolute atomic E-state index is 13.5. The van der Waals surface area contributed by atoms with E-state index in [1.165, 1.54) is 27.8 Å². The van der Waals surface area contributed by atoms with Crippen LogP contribution in [0.2, 0.25) is 0 Å². The summed E-state index contributed by atoms with van der Waals surface area (Å²) in [6, 6.07) is 13.1. The van der Waals surface area contributed by atoms with Crippen molar-refractivity contribution in [2.45, 2.75) is 50.5 Å². The van der Waals surface area contributed by atoms with Crippen molar-refractivity contribution in [1.29, 1.82) is 0 Å². The number of aromatic nitrogens is 2. The van der Waals surface area contributed by atoms with E-state index in [2.05, 4.69) is 4.98 Å². The summed E-state index contributed by atoms with van der Waals surface area (Å²) >= 11 is 0. The predicted molar refractivity (Wildman–Crippen MR) is 123 cm³/mol. The number of hydroxylamine groups is 2. The van der Waals surface area contributed by atoms with Crippen LogP contribution in [0.4, 0.5) is 5.69 Å². The molecule has 3 aromatic rings. The van der Waals surface area contributed by atoms with Crippen molar-refractivity contribution in [2.24, 2.45) is 0 Å². The van der Waals surface area contributed by atoms with E-state index in [0.29, 0.717) is 22.2 Å².